The molecule has 68 valence electrons. The second-order valence-corrected chi connectivity index (χ2v) is 3.62. The van der Waals surface area contributed by atoms with E-state index >= 15 is 0 Å². The number of rotatable bonds is 0. The maximum absolute atomic E-state index is 11.2. The first-order valence-electron chi connectivity index (χ1n) is 4.41. The third-order valence-corrected chi connectivity index (χ3v) is 2.55. The van der Waals surface area contributed by atoms with Crippen LogP contribution in [0, 0.1) is 5.92 Å². The lowest BCUT2D eigenvalue weighted by Crippen LogP contribution is -2.20. The van der Waals surface area contributed by atoms with Crippen LogP contribution >= 0.6 is 0 Å². The molecule has 1 aliphatic heterocycles. The van der Waals surface area contributed by atoms with Gasteiger partial charge in [-0.25, -0.2) is 0 Å². The van der Waals surface area contributed by atoms with E-state index in [1.807, 2.05) is 0 Å². The van der Waals surface area contributed by atoms with Gasteiger partial charge in [0.2, 0.25) is 0 Å². The molecule has 0 saturated carbocycles. The lowest BCUT2D eigenvalue weighted by atomic mass is 9.84. The lowest BCUT2D eigenvalue weighted by Gasteiger charge is -2.22. The fraction of sp³-hybridized carbons (Fsp3) is 0.556. The standard InChI is InChI=1S/C9H10N2O2/c1-5-2-3-6-7(4-5)9(13)11-10-8(6)12/h5H,2-4H2,1H3. The maximum Gasteiger partial charge on any atom is 0.292 e. The molecule has 1 unspecified atom stereocenters. The van der Waals surface area contributed by atoms with Crippen LogP contribution in [0.5, 0.6) is 0 Å². The molecule has 0 aromatic rings. The molecule has 0 radical (unpaired) electrons. The quantitative estimate of drug-likeness (QED) is 0.566. The number of carbonyl (C=O) groups is 2. The minimum absolute atomic E-state index is 0.318. The summed E-state index contributed by atoms with van der Waals surface area (Å²) in [7, 11) is 0. The first-order valence-corrected chi connectivity index (χ1v) is 4.41. The molecule has 0 spiro atoms. The Bertz CT molecular complexity index is 342. The van der Waals surface area contributed by atoms with E-state index in [-0.39, 0.29) is 11.8 Å². The normalized spacial score (nSPS) is 27.9. The molecule has 1 atom stereocenters. The van der Waals surface area contributed by atoms with Gasteiger partial charge in [-0.3, -0.25) is 9.59 Å². The summed E-state index contributed by atoms with van der Waals surface area (Å²) in [4.78, 5) is 22.5. The molecule has 2 amide bonds. The minimum Gasteiger partial charge on any atom is -0.265 e. The molecular weight excluding hydrogens is 168 g/mol. The van der Waals surface area contributed by atoms with Gasteiger partial charge in [0.1, 0.15) is 0 Å². The van der Waals surface area contributed by atoms with Gasteiger partial charge < -0.3 is 0 Å². The number of hydrogen-bond acceptors (Lipinski definition) is 2. The fourth-order valence-electron chi connectivity index (χ4n) is 1.78. The highest BCUT2D eigenvalue weighted by Crippen LogP contribution is 2.32. The van der Waals surface area contributed by atoms with Crippen LogP contribution < -0.4 is 0 Å². The van der Waals surface area contributed by atoms with Crippen LogP contribution in [0.4, 0.5) is 0 Å². The molecule has 0 saturated heterocycles. The molecule has 4 nitrogen and oxygen atoms in total. The van der Waals surface area contributed by atoms with Crippen molar-refractivity contribution in [3.05, 3.63) is 11.1 Å². The van der Waals surface area contributed by atoms with E-state index in [1.165, 1.54) is 0 Å². The van der Waals surface area contributed by atoms with Gasteiger partial charge in [-0.1, -0.05) is 6.92 Å². The molecule has 0 aromatic carbocycles. The Hall–Kier alpha value is -1.32. The smallest absolute Gasteiger partial charge is 0.265 e. The average Bonchev–Trinajstić information content (AvgIpc) is 2.12. The Labute approximate surface area is 75.7 Å². The zero-order valence-electron chi connectivity index (χ0n) is 7.41. The lowest BCUT2D eigenvalue weighted by molar-refractivity contribution is -0.121. The molecule has 2 rings (SSSR count). The maximum atomic E-state index is 11.2. The van der Waals surface area contributed by atoms with Gasteiger partial charge in [-0.05, 0) is 25.2 Å². The summed E-state index contributed by atoms with van der Waals surface area (Å²) in [6.07, 6.45) is 2.33. The fourth-order valence-corrected chi connectivity index (χ4v) is 1.78. The second-order valence-electron chi connectivity index (χ2n) is 3.62. The van der Waals surface area contributed by atoms with E-state index in [0.29, 0.717) is 29.9 Å². The molecule has 2 aliphatic rings. The van der Waals surface area contributed by atoms with Gasteiger partial charge in [0.25, 0.3) is 11.8 Å². The first kappa shape index (κ1) is 8.29. The molecule has 0 fully saturated rings. The monoisotopic (exact) mass is 178 g/mol. The SMILES string of the molecule is CC1CCC2=C(C1)C(=O)N=NC2=O. The van der Waals surface area contributed by atoms with Crippen LogP contribution in [-0.4, -0.2) is 11.8 Å². The summed E-state index contributed by atoms with van der Waals surface area (Å²) in [6.45, 7) is 2.08. The zero-order chi connectivity index (χ0) is 9.42. The molecule has 0 N–H and O–H groups in total. The van der Waals surface area contributed by atoms with Crippen molar-refractivity contribution in [3.63, 3.8) is 0 Å². The van der Waals surface area contributed by atoms with Crippen molar-refractivity contribution in [3.8, 4) is 0 Å². The Morgan fingerprint density at radius 3 is 2.46 bits per heavy atom. The van der Waals surface area contributed by atoms with Crippen molar-refractivity contribution < 1.29 is 9.59 Å². The number of carbonyl (C=O) groups excluding carboxylic acids is 2. The van der Waals surface area contributed by atoms with Gasteiger partial charge >= 0.3 is 0 Å². The molecule has 0 aromatic heterocycles. The zero-order valence-corrected chi connectivity index (χ0v) is 7.41. The summed E-state index contributed by atoms with van der Waals surface area (Å²) < 4.78 is 0. The highest BCUT2D eigenvalue weighted by atomic mass is 16.2. The van der Waals surface area contributed by atoms with E-state index in [2.05, 4.69) is 17.2 Å². The van der Waals surface area contributed by atoms with Crippen LogP contribution in [0.15, 0.2) is 21.4 Å². The van der Waals surface area contributed by atoms with E-state index < -0.39 is 0 Å². The van der Waals surface area contributed by atoms with Crippen LogP contribution in [0.1, 0.15) is 26.2 Å². The van der Waals surface area contributed by atoms with Crippen molar-refractivity contribution in [2.24, 2.45) is 16.1 Å². The molecule has 1 heterocycles. The van der Waals surface area contributed by atoms with Crippen LogP contribution in [-0.2, 0) is 9.59 Å². The van der Waals surface area contributed by atoms with Crippen LogP contribution in [0.2, 0.25) is 0 Å². The minimum atomic E-state index is -0.318. The van der Waals surface area contributed by atoms with Gasteiger partial charge in [-0.2, -0.15) is 0 Å². The predicted molar refractivity (Wildman–Crippen MR) is 44.9 cm³/mol. The van der Waals surface area contributed by atoms with Crippen molar-refractivity contribution in [1.29, 1.82) is 0 Å². The number of amides is 2. The molecule has 1 aliphatic carbocycles. The molecule has 13 heavy (non-hydrogen) atoms. The van der Waals surface area contributed by atoms with Gasteiger partial charge in [-0.15, -0.1) is 10.2 Å². The second kappa shape index (κ2) is 2.87. The van der Waals surface area contributed by atoms with E-state index in [9.17, 15) is 9.59 Å². The summed E-state index contributed by atoms with van der Waals surface area (Å²) in [5, 5.41) is 6.61. The number of nitrogens with zero attached hydrogens (tertiary/aromatic N) is 2. The predicted octanol–water partition coefficient (Wildman–Crippen LogP) is 1.62. The van der Waals surface area contributed by atoms with Crippen molar-refractivity contribution in [1.82, 2.24) is 0 Å². The van der Waals surface area contributed by atoms with Gasteiger partial charge in [0.05, 0.1) is 0 Å². The molecular formula is C9H10N2O2. The highest BCUT2D eigenvalue weighted by molar-refractivity contribution is 6.08. The summed E-state index contributed by atoms with van der Waals surface area (Å²) >= 11 is 0. The van der Waals surface area contributed by atoms with E-state index in [4.69, 9.17) is 0 Å². The topological polar surface area (TPSA) is 58.9 Å². The Kier molecular flexibility index (Phi) is 1.83. The summed E-state index contributed by atoms with van der Waals surface area (Å²) in [6, 6.07) is 0. The highest BCUT2D eigenvalue weighted by Gasteiger charge is 2.29. The Morgan fingerprint density at radius 2 is 1.77 bits per heavy atom. The number of hydrogen-bond donors (Lipinski definition) is 0. The molecule has 4 heteroatoms. The van der Waals surface area contributed by atoms with Gasteiger partial charge in [0, 0.05) is 11.1 Å². The van der Waals surface area contributed by atoms with Crippen molar-refractivity contribution in [2.75, 3.05) is 0 Å². The van der Waals surface area contributed by atoms with Crippen LogP contribution in [0.3, 0.4) is 0 Å². The first-order chi connectivity index (χ1) is 6.18. The van der Waals surface area contributed by atoms with Crippen molar-refractivity contribution >= 4 is 11.8 Å². The third-order valence-electron chi connectivity index (χ3n) is 2.55. The van der Waals surface area contributed by atoms with E-state index in [0.717, 1.165) is 6.42 Å². The Balaban J connectivity index is 2.39. The third kappa shape index (κ3) is 1.32. The largest absolute Gasteiger partial charge is 0.292 e. The summed E-state index contributed by atoms with van der Waals surface area (Å²) in [5.41, 5.74) is 1.19. The van der Waals surface area contributed by atoms with Crippen molar-refractivity contribution in [2.45, 2.75) is 26.2 Å². The van der Waals surface area contributed by atoms with E-state index in [1.54, 1.807) is 0 Å². The van der Waals surface area contributed by atoms with Crippen LogP contribution in [0.25, 0.3) is 0 Å². The van der Waals surface area contributed by atoms with Gasteiger partial charge in [0.15, 0.2) is 0 Å². The Morgan fingerprint density at radius 1 is 1.15 bits per heavy atom. The summed E-state index contributed by atoms with van der Waals surface area (Å²) in [5.74, 6) is -0.161. The number of azo groups is 1. The molecule has 0 bridgehead atoms. The average molecular weight is 178 g/mol.